The normalized spacial score (nSPS) is 27.5. The van der Waals surface area contributed by atoms with Gasteiger partial charge in [-0.25, -0.2) is 0 Å². The fourth-order valence-electron chi connectivity index (χ4n) is 3.86. The molecule has 0 saturated carbocycles. The van der Waals surface area contributed by atoms with Crippen molar-refractivity contribution >= 4 is 21.7 Å². The Morgan fingerprint density at radius 2 is 1.76 bits per heavy atom. The van der Waals surface area contributed by atoms with Gasteiger partial charge in [-0.05, 0) is 48.7 Å². The molecule has 1 aliphatic rings. The summed E-state index contributed by atoms with van der Waals surface area (Å²) in [5.41, 5.74) is 1.97. The Morgan fingerprint density at radius 1 is 1.09 bits per heavy atom. The summed E-state index contributed by atoms with van der Waals surface area (Å²) in [6, 6.07) is 12.4. The molecule has 2 aromatic carbocycles. The van der Waals surface area contributed by atoms with Crippen molar-refractivity contribution in [1.82, 2.24) is 0 Å². The molecule has 1 saturated heterocycles. The summed E-state index contributed by atoms with van der Waals surface area (Å²) in [4.78, 5) is 0. The second-order valence-corrected chi connectivity index (χ2v) is 10.1. The Balaban J connectivity index is 1.93. The van der Waals surface area contributed by atoms with Gasteiger partial charge in [0, 0.05) is 17.7 Å². The van der Waals surface area contributed by atoms with Gasteiger partial charge in [0.15, 0.2) is 0 Å². The number of hydrogen-bond acceptors (Lipinski definition) is 9. The summed E-state index contributed by atoms with van der Waals surface area (Å²) in [7, 11) is -2.58. The van der Waals surface area contributed by atoms with Gasteiger partial charge >= 0.3 is 0 Å². The highest BCUT2D eigenvalue weighted by molar-refractivity contribution is 7.85. The number of methoxy groups -OCH3 is 1. The topological polar surface area (TPSA) is 132 Å². The number of rotatable bonds is 9. The zero-order chi connectivity index (χ0) is 25.1. The van der Waals surface area contributed by atoms with E-state index in [2.05, 4.69) is 0 Å². The van der Waals surface area contributed by atoms with Crippen LogP contribution in [0.15, 0.2) is 42.5 Å². The fourth-order valence-corrected chi connectivity index (χ4v) is 4.43. The first kappa shape index (κ1) is 26.8. The summed E-state index contributed by atoms with van der Waals surface area (Å²) in [5.74, 6) is -1.17. The highest BCUT2D eigenvalue weighted by Crippen LogP contribution is 2.40. The number of halogens is 1. The highest BCUT2D eigenvalue weighted by atomic mass is 35.5. The summed E-state index contributed by atoms with van der Waals surface area (Å²) in [6.45, 7) is 1.88. The van der Waals surface area contributed by atoms with Gasteiger partial charge in [0.25, 0.3) is 10.1 Å². The standard InChI is InChI=1S/C23H29ClO9S/c1-4-31-17-8-5-14(6-9-17)11-15-12-16(7-10-18(15)24)23(30-2)22(27)21(26)20(25)19(33-23)13-32-34(3,28)29/h5-10,12,19-22,25-27H,4,11,13H2,1-3H3/t19-,20-,21+,22-,23+/m1/s1. The van der Waals surface area contributed by atoms with E-state index in [0.717, 1.165) is 17.6 Å². The Kier molecular flexibility index (Phi) is 8.59. The van der Waals surface area contributed by atoms with Gasteiger partial charge in [-0.1, -0.05) is 29.8 Å². The molecule has 188 valence electrons. The molecular weight excluding hydrogens is 488 g/mol. The van der Waals surface area contributed by atoms with Gasteiger partial charge in [0.2, 0.25) is 5.79 Å². The third kappa shape index (κ3) is 5.89. The largest absolute Gasteiger partial charge is 0.494 e. The molecule has 3 N–H and O–H groups in total. The first-order valence-corrected chi connectivity index (χ1v) is 12.8. The number of aliphatic hydroxyl groups excluding tert-OH is 3. The summed E-state index contributed by atoms with van der Waals surface area (Å²) in [5, 5.41) is 32.1. The van der Waals surface area contributed by atoms with Crippen LogP contribution in [0.1, 0.15) is 23.6 Å². The molecule has 5 atom stereocenters. The molecule has 2 aromatic rings. The first-order chi connectivity index (χ1) is 16.0. The molecule has 11 heteroatoms. The molecule has 0 radical (unpaired) electrons. The molecular formula is C23H29ClO9S. The first-order valence-electron chi connectivity index (χ1n) is 10.6. The van der Waals surface area contributed by atoms with Gasteiger partial charge in [-0.15, -0.1) is 0 Å². The average molecular weight is 517 g/mol. The van der Waals surface area contributed by atoms with Crippen molar-refractivity contribution in [2.45, 2.75) is 43.5 Å². The highest BCUT2D eigenvalue weighted by Gasteiger charge is 2.55. The van der Waals surface area contributed by atoms with E-state index in [9.17, 15) is 23.7 Å². The Bertz CT molecular complexity index is 1080. The quantitative estimate of drug-likeness (QED) is 0.425. The van der Waals surface area contributed by atoms with Crippen molar-refractivity contribution < 1.29 is 42.1 Å². The van der Waals surface area contributed by atoms with Crippen LogP contribution in [0.25, 0.3) is 0 Å². The lowest BCUT2D eigenvalue weighted by atomic mass is 9.87. The molecule has 0 aliphatic carbocycles. The maximum Gasteiger partial charge on any atom is 0.264 e. The van der Waals surface area contributed by atoms with E-state index in [1.807, 2.05) is 31.2 Å². The van der Waals surface area contributed by atoms with Gasteiger partial charge in [0.1, 0.15) is 30.2 Å². The van der Waals surface area contributed by atoms with Gasteiger partial charge < -0.3 is 29.5 Å². The van der Waals surface area contributed by atoms with Crippen LogP contribution in [0, 0.1) is 0 Å². The van der Waals surface area contributed by atoms with Crippen molar-refractivity contribution in [2.24, 2.45) is 0 Å². The molecule has 1 fully saturated rings. The molecule has 0 spiro atoms. The molecule has 0 bridgehead atoms. The van der Waals surface area contributed by atoms with Gasteiger partial charge in [-0.3, -0.25) is 4.18 Å². The van der Waals surface area contributed by atoms with E-state index in [0.29, 0.717) is 29.2 Å². The zero-order valence-corrected chi connectivity index (χ0v) is 20.6. The third-order valence-corrected chi connectivity index (χ3v) is 6.53. The number of aliphatic hydroxyl groups is 3. The van der Waals surface area contributed by atoms with Crippen LogP contribution < -0.4 is 4.74 Å². The molecule has 1 heterocycles. The van der Waals surface area contributed by atoms with E-state index < -0.39 is 46.9 Å². The molecule has 3 rings (SSSR count). The summed E-state index contributed by atoms with van der Waals surface area (Å²) in [6.07, 6.45) is -5.02. The molecule has 0 amide bonds. The Morgan fingerprint density at radius 3 is 2.35 bits per heavy atom. The van der Waals surface area contributed by atoms with Gasteiger partial charge in [0.05, 0.1) is 19.5 Å². The smallest absolute Gasteiger partial charge is 0.264 e. The van der Waals surface area contributed by atoms with E-state index in [-0.39, 0.29) is 0 Å². The molecule has 34 heavy (non-hydrogen) atoms. The van der Waals surface area contributed by atoms with Crippen LogP contribution in [0.2, 0.25) is 5.02 Å². The summed E-state index contributed by atoms with van der Waals surface area (Å²) < 4.78 is 44.4. The van der Waals surface area contributed by atoms with Crippen LogP contribution in [-0.2, 0) is 36.0 Å². The van der Waals surface area contributed by atoms with Gasteiger partial charge in [-0.2, -0.15) is 8.42 Å². The molecule has 1 aliphatic heterocycles. The Labute approximate surface area is 203 Å². The van der Waals surface area contributed by atoms with Crippen LogP contribution >= 0.6 is 11.6 Å². The second kappa shape index (κ2) is 10.9. The SMILES string of the molecule is CCOc1ccc(Cc2cc([C@]3(OC)O[C@H](COS(C)(=O)=O)[C@@H](O)[C@H](O)[C@H]3O)ccc2Cl)cc1. The number of benzene rings is 2. The van der Waals surface area contributed by atoms with E-state index in [1.54, 1.807) is 18.2 Å². The predicted octanol–water partition coefficient (Wildman–Crippen LogP) is 1.59. The van der Waals surface area contributed by atoms with Crippen molar-refractivity contribution in [3.63, 3.8) is 0 Å². The maximum absolute atomic E-state index is 11.4. The lowest BCUT2D eigenvalue weighted by Gasteiger charge is -2.47. The summed E-state index contributed by atoms with van der Waals surface area (Å²) >= 11 is 6.43. The number of hydrogen-bond donors (Lipinski definition) is 3. The lowest BCUT2D eigenvalue weighted by Crippen LogP contribution is -2.64. The van der Waals surface area contributed by atoms with Crippen LogP contribution in [0.3, 0.4) is 0 Å². The van der Waals surface area contributed by atoms with Crippen molar-refractivity contribution in [1.29, 1.82) is 0 Å². The van der Waals surface area contributed by atoms with E-state index >= 15 is 0 Å². The minimum Gasteiger partial charge on any atom is -0.494 e. The second-order valence-electron chi connectivity index (χ2n) is 8.00. The van der Waals surface area contributed by atoms with E-state index in [4.69, 9.17) is 30.0 Å². The van der Waals surface area contributed by atoms with Crippen LogP contribution in [0.5, 0.6) is 5.75 Å². The lowest BCUT2D eigenvalue weighted by molar-refractivity contribution is -0.365. The monoisotopic (exact) mass is 516 g/mol. The van der Waals surface area contributed by atoms with Crippen molar-refractivity contribution in [2.75, 3.05) is 26.6 Å². The van der Waals surface area contributed by atoms with Crippen LogP contribution in [-0.4, -0.2) is 74.7 Å². The average Bonchev–Trinajstić information content (AvgIpc) is 2.80. The number of ether oxygens (including phenoxy) is 3. The Hall–Kier alpha value is -1.76. The van der Waals surface area contributed by atoms with Crippen LogP contribution in [0.4, 0.5) is 0 Å². The van der Waals surface area contributed by atoms with E-state index in [1.165, 1.54) is 7.11 Å². The molecule has 0 unspecified atom stereocenters. The third-order valence-electron chi connectivity index (χ3n) is 5.60. The fraction of sp³-hybridized carbons (Fsp3) is 0.478. The molecule has 0 aromatic heterocycles. The predicted molar refractivity (Wildman–Crippen MR) is 124 cm³/mol. The molecule has 9 nitrogen and oxygen atoms in total. The minimum atomic E-state index is -3.84. The maximum atomic E-state index is 11.4. The minimum absolute atomic E-state index is 0.322. The van der Waals surface area contributed by atoms with Crippen molar-refractivity contribution in [3.05, 3.63) is 64.2 Å². The van der Waals surface area contributed by atoms with Crippen molar-refractivity contribution in [3.8, 4) is 5.75 Å². The zero-order valence-electron chi connectivity index (χ0n) is 19.0.